The van der Waals surface area contributed by atoms with Gasteiger partial charge in [0.2, 0.25) is 11.7 Å². The van der Waals surface area contributed by atoms with Gasteiger partial charge in [-0.15, -0.1) is 0 Å². The molecule has 0 heterocycles. The van der Waals surface area contributed by atoms with Crippen LogP contribution in [0, 0.1) is 0 Å². The molecule has 0 unspecified atom stereocenters. The van der Waals surface area contributed by atoms with E-state index in [0.29, 0.717) is 6.21 Å². The Hall–Kier alpha value is -4.30. The topological polar surface area (TPSA) is 147 Å². The molecule has 1 aliphatic carbocycles. The Morgan fingerprint density at radius 3 is 2.26 bits per heavy atom. The highest BCUT2D eigenvalue weighted by Gasteiger charge is 2.29. The molecule has 0 fully saturated rings. The van der Waals surface area contributed by atoms with Crippen LogP contribution < -0.4 is 10.6 Å². The summed E-state index contributed by atoms with van der Waals surface area (Å²) < 4.78 is 10.3. The highest BCUT2D eigenvalue weighted by Crippen LogP contribution is 2.44. The van der Waals surface area contributed by atoms with Crippen molar-refractivity contribution in [3.05, 3.63) is 65.2 Å². The SMILES string of the molecule is CCOC(=O)[C@H](CCC(=O)C=[N+]=[N-])NC(=O)CNC(=O)OCC1c2ccccc2-c2ccccc21. The van der Waals surface area contributed by atoms with Crippen LogP contribution in [0.2, 0.25) is 0 Å². The lowest BCUT2D eigenvalue weighted by molar-refractivity contribution is -0.147. The number of alkyl carbamates (subject to hydrolysis) is 1. The van der Waals surface area contributed by atoms with E-state index in [2.05, 4.69) is 15.4 Å². The molecule has 3 rings (SSSR count). The van der Waals surface area contributed by atoms with E-state index in [0.717, 1.165) is 22.3 Å². The molecule has 10 nitrogen and oxygen atoms in total. The summed E-state index contributed by atoms with van der Waals surface area (Å²) in [6.07, 6.45) is -0.263. The first-order chi connectivity index (χ1) is 16.9. The number of fused-ring (bicyclic) bond motifs is 3. The van der Waals surface area contributed by atoms with Crippen molar-refractivity contribution >= 4 is 30.0 Å². The summed E-state index contributed by atoms with van der Waals surface area (Å²) in [4.78, 5) is 50.8. The minimum atomic E-state index is -1.09. The van der Waals surface area contributed by atoms with Crippen molar-refractivity contribution in [1.82, 2.24) is 10.6 Å². The Kier molecular flexibility index (Phi) is 8.86. The van der Waals surface area contributed by atoms with Gasteiger partial charge in [0.1, 0.15) is 19.2 Å². The van der Waals surface area contributed by atoms with Crippen molar-refractivity contribution in [2.75, 3.05) is 19.8 Å². The Morgan fingerprint density at radius 1 is 1.03 bits per heavy atom. The second-order valence-electron chi connectivity index (χ2n) is 7.80. The van der Waals surface area contributed by atoms with Gasteiger partial charge >= 0.3 is 18.3 Å². The first-order valence-corrected chi connectivity index (χ1v) is 11.2. The highest BCUT2D eigenvalue weighted by atomic mass is 16.5. The molecule has 0 saturated carbocycles. The molecule has 182 valence electrons. The van der Waals surface area contributed by atoms with Crippen molar-refractivity contribution in [2.24, 2.45) is 0 Å². The van der Waals surface area contributed by atoms with Gasteiger partial charge in [-0.1, -0.05) is 48.5 Å². The molecule has 35 heavy (non-hydrogen) atoms. The summed E-state index contributed by atoms with van der Waals surface area (Å²) in [6, 6.07) is 14.8. The maximum absolute atomic E-state index is 12.3. The van der Waals surface area contributed by atoms with Gasteiger partial charge in [-0.2, -0.15) is 4.79 Å². The van der Waals surface area contributed by atoms with Crippen LogP contribution >= 0.6 is 0 Å². The molecule has 0 saturated heterocycles. The van der Waals surface area contributed by atoms with Gasteiger partial charge < -0.3 is 25.6 Å². The predicted molar refractivity (Wildman–Crippen MR) is 126 cm³/mol. The highest BCUT2D eigenvalue weighted by molar-refractivity contribution is 6.25. The molecule has 2 aromatic carbocycles. The molecule has 2 N–H and O–H groups in total. The number of Topliss-reactive ketones (excluding diaryl/α,β-unsaturated/α-hetero) is 1. The van der Waals surface area contributed by atoms with Crippen molar-refractivity contribution < 1.29 is 33.4 Å². The average Bonchev–Trinajstić information content (AvgIpc) is 3.18. The lowest BCUT2D eigenvalue weighted by Gasteiger charge is -2.17. The third kappa shape index (κ3) is 6.61. The number of nitrogens with one attached hydrogen (secondary N) is 2. The van der Waals surface area contributed by atoms with Crippen LogP contribution in [0.3, 0.4) is 0 Å². The summed E-state index contributed by atoms with van der Waals surface area (Å²) in [7, 11) is 0. The van der Waals surface area contributed by atoms with E-state index in [1.54, 1.807) is 6.92 Å². The normalized spacial score (nSPS) is 12.4. The van der Waals surface area contributed by atoms with Gasteiger partial charge in [0, 0.05) is 12.3 Å². The molecule has 0 aromatic heterocycles. The third-order valence-electron chi connectivity index (χ3n) is 5.52. The first kappa shape index (κ1) is 25.3. The molecule has 10 heteroatoms. The van der Waals surface area contributed by atoms with Gasteiger partial charge in [0.05, 0.1) is 6.61 Å². The monoisotopic (exact) mass is 478 g/mol. The van der Waals surface area contributed by atoms with Crippen molar-refractivity contribution in [3.63, 3.8) is 0 Å². The van der Waals surface area contributed by atoms with E-state index >= 15 is 0 Å². The number of carbonyl (C=O) groups is 4. The number of nitrogens with zero attached hydrogens (tertiary/aromatic N) is 2. The van der Waals surface area contributed by atoms with E-state index in [9.17, 15) is 19.2 Å². The first-order valence-electron chi connectivity index (χ1n) is 11.2. The number of benzene rings is 2. The molecule has 0 radical (unpaired) electrons. The number of hydrogen-bond donors (Lipinski definition) is 2. The number of esters is 1. The Bertz CT molecular complexity index is 1110. The number of amides is 2. The molecule has 1 aliphatic rings. The number of hydrogen-bond acceptors (Lipinski definition) is 6. The molecule has 2 aromatic rings. The minimum absolute atomic E-state index is 0.0552. The second-order valence-corrected chi connectivity index (χ2v) is 7.80. The van der Waals surface area contributed by atoms with Gasteiger partial charge in [-0.25, -0.2) is 9.59 Å². The van der Waals surface area contributed by atoms with E-state index in [1.807, 2.05) is 48.5 Å². The van der Waals surface area contributed by atoms with Crippen molar-refractivity contribution in [3.8, 4) is 11.1 Å². The van der Waals surface area contributed by atoms with E-state index in [1.165, 1.54) is 0 Å². The Labute approximate surface area is 202 Å². The molecule has 0 aliphatic heterocycles. The maximum atomic E-state index is 12.3. The zero-order valence-electron chi connectivity index (χ0n) is 19.2. The van der Waals surface area contributed by atoms with Crippen LogP contribution in [-0.2, 0) is 23.9 Å². The maximum Gasteiger partial charge on any atom is 0.407 e. The lowest BCUT2D eigenvalue weighted by Crippen LogP contribution is -2.46. The molecule has 1 atom stereocenters. The molecule has 0 spiro atoms. The van der Waals surface area contributed by atoms with Crippen LogP contribution in [-0.4, -0.2) is 60.6 Å². The summed E-state index contributed by atoms with van der Waals surface area (Å²) in [5.41, 5.74) is 12.7. The third-order valence-corrected chi connectivity index (χ3v) is 5.52. The van der Waals surface area contributed by atoms with E-state index < -0.39 is 36.3 Å². The second kappa shape index (κ2) is 12.2. The van der Waals surface area contributed by atoms with Crippen LogP contribution in [0.25, 0.3) is 16.7 Å². The summed E-state index contributed by atoms with van der Waals surface area (Å²) in [6.45, 7) is 1.37. The number of carbonyl (C=O) groups excluding carboxylic acids is 4. The van der Waals surface area contributed by atoms with Crippen LogP contribution in [0.5, 0.6) is 0 Å². The fourth-order valence-electron chi connectivity index (χ4n) is 3.95. The zero-order valence-corrected chi connectivity index (χ0v) is 19.2. The quantitative estimate of drug-likeness (QED) is 0.219. The molecular formula is C25H26N4O6. The van der Waals surface area contributed by atoms with Crippen LogP contribution in [0.15, 0.2) is 48.5 Å². The summed E-state index contributed by atoms with van der Waals surface area (Å²) in [5, 5.41) is 4.80. The van der Waals surface area contributed by atoms with Crippen molar-refractivity contribution in [1.29, 1.82) is 0 Å². The Morgan fingerprint density at radius 2 is 1.66 bits per heavy atom. The summed E-state index contributed by atoms with van der Waals surface area (Å²) >= 11 is 0. The van der Waals surface area contributed by atoms with Crippen molar-refractivity contribution in [2.45, 2.75) is 31.7 Å². The van der Waals surface area contributed by atoms with Crippen LogP contribution in [0.4, 0.5) is 4.79 Å². The lowest BCUT2D eigenvalue weighted by atomic mass is 9.98. The van der Waals surface area contributed by atoms with Crippen LogP contribution in [0.1, 0.15) is 36.8 Å². The Balaban J connectivity index is 1.51. The number of rotatable bonds is 11. The predicted octanol–water partition coefficient (Wildman–Crippen LogP) is 2.22. The number of ketones is 1. The molecule has 2 amide bonds. The fraction of sp³-hybridized carbons (Fsp3) is 0.320. The summed E-state index contributed by atoms with van der Waals surface area (Å²) in [5.74, 6) is -2.00. The molecular weight excluding hydrogens is 452 g/mol. The van der Waals surface area contributed by atoms with Gasteiger partial charge in [-0.3, -0.25) is 9.59 Å². The van der Waals surface area contributed by atoms with E-state index in [-0.39, 0.29) is 32.0 Å². The standard InChI is InChI=1S/C25H26N4O6/c1-2-34-24(32)22(12-11-16(30)13-28-26)29-23(31)14-27-25(33)35-15-21-19-9-5-3-7-17(19)18-8-4-6-10-20(18)21/h3-10,13,21-22H,2,11-12,14-15H2,1H3,(H,27,33)(H,29,31)/t22-/m0/s1. The largest absolute Gasteiger partial charge is 0.464 e. The number of ether oxygens (including phenoxy) is 2. The van der Waals surface area contributed by atoms with Gasteiger partial charge in [0.15, 0.2) is 0 Å². The molecule has 0 bridgehead atoms. The van der Waals surface area contributed by atoms with Gasteiger partial charge in [0.25, 0.3) is 0 Å². The van der Waals surface area contributed by atoms with E-state index in [4.69, 9.17) is 15.0 Å². The van der Waals surface area contributed by atoms with Gasteiger partial charge in [-0.05, 0) is 35.6 Å². The minimum Gasteiger partial charge on any atom is -0.464 e. The smallest absolute Gasteiger partial charge is 0.407 e. The zero-order chi connectivity index (χ0) is 25.2. The average molecular weight is 479 g/mol. The fourth-order valence-corrected chi connectivity index (χ4v) is 3.95.